The lowest BCUT2D eigenvalue weighted by atomic mass is 10.0. The molecule has 4 rings (SSSR count). The van der Waals surface area contributed by atoms with Gasteiger partial charge in [-0.2, -0.15) is 10.4 Å². The summed E-state index contributed by atoms with van der Waals surface area (Å²) in [6, 6.07) is 8.12. The van der Waals surface area contributed by atoms with Crippen LogP contribution in [0.15, 0.2) is 48.4 Å². The van der Waals surface area contributed by atoms with Crippen LogP contribution in [0.5, 0.6) is 0 Å². The van der Waals surface area contributed by atoms with E-state index in [1.54, 1.807) is 34.6 Å². The second-order valence-corrected chi connectivity index (χ2v) is 6.04. The Labute approximate surface area is 136 Å². The molecule has 0 aromatic carbocycles. The number of thiophene rings is 1. The molecule has 0 aliphatic rings. The summed E-state index contributed by atoms with van der Waals surface area (Å²) in [7, 11) is 1.88. The first-order valence-corrected chi connectivity index (χ1v) is 7.86. The van der Waals surface area contributed by atoms with E-state index in [2.05, 4.69) is 22.2 Å². The van der Waals surface area contributed by atoms with Crippen LogP contribution in [0.3, 0.4) is 0 Å². The number of nitriles is 1. The Bertz CT molecular complexity index is 1050. The summed E-state index contributed by atoms with van der Waals surface area (Å²) in [5.74, 6) is 0. The third-order valence-corrected chi connectivity index (χ3v) is 4.59. The molecule has 4 aromatic rings. The molecule has 5 nitrogen and oxygen atoms in total. The number of nitrogens with zero attached hydrogens (tertiary/aromatic N) is 5. The molecule has 6 heteroatoms. The standard InChI is InChI=1S/C17H11N5S/c1-22-9-12(8-20-22)15-2-3-16-17(21-15)14(10-23-16)13-4-5-19-7-11(13)6-18/h2-5,7-10H,1H3. The molecule has 23 heavy (non-hydrogen) atoms. The molecule has 0 amide bonds. The van der Waals surface area contributed by atoms with Crippen molar-refractivity contribution >= 4 is 21.6 Å². The first-order valence-electron chi connectivity index (χ1n) is 6.98. The third kappa shape index (κ3) is 2.28. The Morgan fingerprint density at radius 2 is 2.09 bits per heavy atom. The van der Waals surface area contributed by atoms with Gasteiger partial charge in [0, 0.05) is 47.7 Å². The van der Waals surface area contributed by atoms with Gasteiger partial charge in [0.2, 0.25) is 0 Å². The minimum Gasteiger partial charge on any atom is -0.275 e. The van der Waals surface area contributed by atoms with Crippen LogP contribution in [-0.2, 0) is 7.05 Å². The van der Waals surface area contributed by atoms with Crippen molar-refractivity contribution in [2.24, 2.45) is 7.05 Å². The summed E-state index contributed by atoms with van der Waals surface area (Å²) < 4.78 is 2.85. The van der Waals surface area contributed by atoms with Gasteiger partial charge in [-0.05, 0) is 18.2 Å². The lowest BCUT2D eigenvalue weighted by Crippen LogP contribution is -1.87. The number of fused-ring (bicyclic) bond motifs is 1. The van der Waals surface area contributed by atoms with Gasteiger partial charge in [0.25, 0.3) is 0 Å². The molecule has 110 valence electrons. The number of aromatic nitrogens is 4. The highest BCUT2D eigenvalue weighted by molar-refractivity contribution is 7.17. The molecule has 0 saturated carbocycles. The summed E-state index contributed by atoms with van der Waals surface area (Å²) in [5.41, 5.74) is 5.14. The van der Waals surface area contributed by atoms with Crippen molar-refractivity contribution in [3.63, 3.8) is 0 Å². The van der Waals surface area contributed by atoms with E-state index in [0.29, 0.717) is 5.56 Å². The van der Waals surface area contributed by atoms with E-state index in [9.17, 15) is 5.26 Å². The van der Waals surface area contributed by atoms with Crippen molar-refractivity contribution in [2.45, 2.75) is 0 Å². The van der Waals surface area contributed by atoms with Gasteiger partial charge < -0.3 is 0 Å². The van der Waals surface area contributed by atoms with Crippen molar-refractivity contribution < 1.29 is 0 Å². The largest absolute Gasteiger partial charge is 0.275 e. The lowest BCUT2D eigenvalue weighted by molar-refractivity contribution is 0.768. The highest BCUT2D eigenvalue weighted by Crippen LogP contribution is 2.35. The van der Waals surface area contributed by atoms with Crippen LogP contribution < -0.4 is 0 Å². The molecule has 0 spiro atoms. The van der Waals surface area contributed by atoms with E-state index in [4.69, 9.17) is 4.98 Å². The number of aryl methyl sites for hydroxylation is 1. The highest BCUT2D eigenvalue weighted by Gasteiger charge is 2.13. The van der Waals surface area contributed by atoms with Gasteiger partial charge in [-0.1, -0.05) is 0 Å². The molecule has 4 aromatic heterocycles. The van der Waals surface area contributed by atoms with Crippen molar-refractivity contribution in [1.82, 2.24) is 19.7 Å². The van der Waals surface area contributed by atoms with Crippen LogP contribution in [-0.4, -0.2) is 19.7 Å². The lowest BCUT2D eigenvalue weighted by Gasteiger charge is -2.03. The number of pyridine rings is 2. The summed E-state index contributed by atoms with van der Waals surface area (Å²) in [6.07, 6.45) is 7.02. The molecule has 0 saturated heterocycles. The molecule has 4 heterocycles. The molecule has 0 aliphatic carbocycles. The summed E-state index contributed by atoms with van der Waals surface area (Å²) >= 11 is 1.62. The van der Waals surface area contributed by atoms with E-state index < -0.39 is 0 Å². The molecule has 0 radical (unpaired) electrons. The minimum atomic E-state index is 0.556. The molecular weight excluding hydrogens is 306 g/mol. The highest BCUT2D eigenvalue weighted by atomic mass is 32.1. The van der Waals surface area contributed by atoms with Gasteiger partial charge in [-0.25, -0.2) is 4.98 Å². The van der Waals surface area contributed by atoms with Gasteiger partial charge in [-0.3, -0.25) is 9.67 Å². The average Bonchev–Trinajstić information content (AvgIpc) is 3.20. The SMILES string of the molecule is Cn1cc(-c2ccc3scc(-c4ccncc4C#N)c3n2)cn1. The van der Waals surface area contributed by atoms with E-state index in [0.717, 1.165) is 32.6 Å². The van der Waals surface area contributed by atoms with Gasteiger partial charge in [0.15, 0.2) is 0 Å². The quantitative estimate of drug-likeness (QED) is 0.566. The molecule has 0 aliphatic heterocycles. The van der Waals surface area contributed by atoms with Crippen LogP contribution in [0.1, 0.15) is 5.56 Å². The molecule has 0 N–H and O–H groups in total. The van der Waals surface area contributed by atoms with Gasteiger partial charge in [-0.15, -0.1) is 11.3 Å². The van der Waals surface area contributed by atoms with Gasteiger partial charge in [0.05, 0.1) is 27.7 Å². The normalized spacial score (nSPS) is 10.8. The van der Waals surface area contributed by atoms with Crippen LogP contribution in [0, 0.1) is 11.3 Å². The van der Waals surface area contributed by atoms with E-state index >= 15 is 0 Å². The first kappa shape index (κ1) is 13.6. The zero-order valence-corrected chi connectivity index (χ0v) is 13.1. The Morgan fingerprint density at radius 3 is 2.87 bits per heavy atom. The number of hydrogen-bond acceptors (Lipinski definition) is 5. The average molecular weight is 317 g/mol. The zero-order chi connectivity index (χ0) is 15.8. The topological polar surface area (TPSA) is 67.4 Å². The molecule has 0 atom stereocenters. The second-order valence-electron chi connectivity index (χ2n) is 5.13. The number of rotatable bonds is 2. The maximum atomic E-state index is 9.31. The number of hydrogen-bond donors (Lipinski definition) is 0. The fraction of sp³-hybridized carbons (Fsp3) is 0.0588. The molecular formula is C17H11N5S. The Balaban J connectivity index is 1.93. The summed E-state index contributed by atoms with van der Waals surface area (Å²) in [5, 5.41) is 15.5. The molecule has 0 bridgehead atoms. The Hall–Kier alpha value is -3.04. The Morgan fingerprint density at radius 1 is 1.17 bits per heavy atom. The smallest absolute Gasteiger partial charge is 0.101 e. The van der Waals surface area contributed by atoms with Crippen LogP contribution in [0.25, 0.3) is 32.6 Å². The van der Waals surface area contributed by atoms with Crippen molar-refractivity contribution in [2.75, 3.05) is 0 Å². The maximum absolute atomic E-state index is 9.31. The summed E-state index contributed by atoms with van der Waals surface area (Å²) in [6.45, 7) is 0. The second kappa shape index (κ2) is 5.30. The first-order chi connectivity index (χ1) is 11.3. The van der Waals surface area contributed by atoms with Crippen molar-refractivity contribution in [1.29, 1.82) is 5.26 Å². The van der Waals surface area contributed by atoms with Crippen LogP contribution in [0.4, 0.5) is 0 Å². The fourth-order valence-corrected chi connectivity index (χ4v) is 3.43. The Kier molecular flexibility index (Phi) is 3.14. The van der Waals surface area contributed by atoms with Crippen LogP contribution in [0.2, 0.25) is 0 Å². The predicted molar refractivity (Wildman–Crippen MR) is 89.8 cm³/mol. The van der Waals surface area contributed by atoms with Gasteiger partial charge in [0.1, 0.15) is 6.07 Å². The fourth-order valence-electron chi connectivity index (χ4n) is 2.54. The minimum absolute atomic E-state index is 0.556. The van der Waals surface area contributed by atoms with Crippen molar-refractivity contribution in [3.05, 3.63) is 53.9 Å². The monoisotopic (exact) mass is 317 g/mol. The zero-order valence-electron chi connectivity index (χ0n) is 12.3. The van der Waals surface area contributed by atoms with Gasteiger partial charge >= 0.3 is 0 Å². The predicted octanol–water partition coefficient (Wildman–Crippen LogP) is 3.63. The van der Waals surface area contributed by atoms with Crippen molar-refractivity contribution in [3.8, 4) is 28.5 Å². The third-order valence-electron chi connectivity index (χ3n) is 3.65. The molecule has 0 fully saturated rings. The van der Waals surface area contributed by atoms with E-state index in [1.165, 1.54) is 0 Å². The molecule has 0 unspecified atom stereocenters. The van der Waals surface area contributed by atoms with E-state index in [-0.39, 0.29) is 0 Å². The summed E-state index contributed by atoms with van der Waals surface area (Å²) in [4.78, 5) is 8.82. The van der Waals surface area contributed by atoms with E-state index in [1.807, 2.05) is 30.8 Å². The maximum Gasteiger partial charge on any atom is 0.101 e. The van der Waals surface area contributed by atoms with Crippen LogP contribution >= 0.6 is 11.3 Å².